The Balaban J connectivity index is 2.99. The lowest BCUT2D eigenvalue weighted by atomic mass is 10.1. The van der Waals surface area contributed by atoms with E-state index in [4.69, 9.17) is 27.9 Å². The standard InChI is InChI=1S/C9H8Cl2OS/c1-2-6-5-7(10)3-4-8(6)12-9(11)13/h3-5H,2H2,1H3. The van der Waals surface area contributed by atoms with E-state index in [9.17, 15) is 0 Å². The van der Waals surface area contributed by atoms with Crippen LogP contribution in [-0.2, 0) is 6.42 Å². The molecule has 4 heteroatoms. The lowest BCUT2D eigenvalue weighted by molar-refractivity contribution is 0.569. The summed E-state index contributed by atoms with van der Waals surface area (Å²) in [6, 6.07) is 5.34. The van der Waals surface area contributed by atoms with Crippen molar-refractivity contribution in [2.75, 3.05) is 0 Å². The Bertz CT molecular complexity index is 325. The van der Waals surface area contributed by atoms with Crippen molar-refractivity contribution in [3.05, 3.63) is 28.8 Å². The summed E-state index contributed by atoms with van der Waals surface area (Å²) in [5.41, 5.74) is 0.996. The van der Waals surface area contributed by atoms with Gasteiger partial charge in [0.15, 0.2) is 0 Å². The van der Waals surface area contributed by atoms with Crippen LogP contribution in [-0.4, -0.2) is 4.51 Å². The van der Waals surface area contributed by atoms with Crippen LogP contribution in [0.1, 0.15) is 12.5 Å². The molecule has 13 heavy (non-hydrogen) atoms. The van der Waals surface area contributed by atoms with Crippen LogP contribution in [0.25, 0.3) is 0 Å². The summed E-state index contributed by atoms with van der Waals surface area (Å²) < 4.78 is 5.13. The number of benzene rings is 1. The third kappa shape index (κ3) is 3.14. The van der Waals surface area contributed by atoms with Gasteiger partial charge in [0, 0.05) is 5.02 Å². The van der Waals surface area contributed by atoms with Crippen molar-refractivity contribution in [2.24, 2.45) is 0 Å². The van der Waals surface area contributed by atoms with Gasteiger partial charge >= 0.3 is 0 Å². The van der Waals surface area contributed by atoms with E-state index < -0.39 is 0 Å². The predicted octanol–water partition coefficient (Wildman–Crippen LogP) is 3.80. The van der Waals surface area contributed by atoms with Gasteiger partial charge in [0.2, 0.25) is 0 Å². The van der Waals surface area contributed by atoms with Gasteiger partial charge in [0.05, 0.1) is 0 Å². The van der Waals surface area contributed by atoms with Crippen LogP contribution >= 0.6 is 35.4 Å². The molecule has 0 aromatic heterocycles. The fraction of sp³-hybridized carbons (Fsp3) is 0.222. The molecule has 0 saturated heterocycles. The van der Waals surface area contributed by atoms with E-state index in [1.165, 1.54) is 0 Å². The van der Waals surface area contributed by atoms with Gasteiger partial charge in [-0.1, -0.05) is 18.5 Å². The Morgan fingerprint density at radius 2 is 2.23 bits per heavy atom. The number of ether oxygens (including phenoxy) is 1. The molecule has 0 unspecified atom stereocenters. The first-order valence-corrected chi connectivity index (χ1v) is 4.95. The minimum absolute atomic E-state index is 0.00276. The van der Waals surface area contributed by atoms with Gasteiger partial charge in [-0.3, -0.25) is 0 Å². The molecule has 1 aromatic rings. The predicted molar refractivity (Wildman–Crippen MR) is 59.9 cm³/mol. The zero-order valence-electron chi connectivity index (χ0n) is 7.01. The highest BCUT2D eigenvalue weighted by molar-refractivity contribution is 7.82. The van der Waals surface area contributed by atoms with Crippen LogP contribution in [0.15, 0.2) is 18.2 Å². The van der Waals surface area contributed by atoms with Crippen LogP contribution in [0.2, 0.25) is 5.02 Å². The first-order valence-electron chi connectivity index (χ1n) is 3.79. The highest BCUT2D eigenvalue weighted by atomic mass is 35.5. The van der Waals surface area contributed by atoms with Gasteiger partial charge in [0.25, 0.3) is 4.51 Å². The molecule has 0 aliphatic rings. The minimum atomic E-state index is -0.00276. The first-order chi connectivity index (χ1) is 6.13. The summed E-state index contributed by atoms with van der Waals surface area (Å²) in [4.78, 5) is 0. The molecule has 0 N–H and O–H groups in total. The van der Waals surface area contributed by atoms with Crippen LogP contribution in [0.3, 0.4) is 0 Å². The molecule has 0 atom stereocenters. The van der Waals surface area contributed by atoms with Gasteiger partial charge in [-0.05, 0) is 54.0 Å². The summed E-state index contributed by atoms with van der Waals surface area (Å²) in [5.74, 6) is 0.673. The van der Waals surface area contributed by atoms with Crippen molar-refractivity contribution < 1.29 is 4.74 Å². The molecule has 0 amide bonds. The molecular weight excluding hydrogens is 227 g/mol. The molecular formula is C9H8Cl2OS. The smallest absolute Gasteiger partial charge is 0.260 e. The number of rotatable bonds is 2. The van der Waals surface area contributed by atoms with Crippen LogP contribution < -0.4 is 4.74 Å². The zero-order valence-corrected chi connectivity index (χ0v) is 9.34. The fourth-order valence-electron chi connectivity index (χ4n) is 1.01. The number of hydrogen-bond acceptors (Lipinski definition) is 2. The Labute approximate surface area is 92.6 Å². The van der Waals surface area contributed by atoms with E-state index >= 15 is 0 Å². The third-order valence-electron chi connectivity index (χ3n) is 1.59. The molecule has 1 aromatic carbocycles. The average Bonchev–Trinajstić information content (AvgIpc) is 2.07. The van der Waals surface area contributed by atoms with Gasteiger partial charge in [-0.15, -0.1) is 0 Å². The van der Waals surface area contributed by atoms with Crippen LogP contribution in [0.4, 0.5) is 0 Å². The van der Waals surface area contributed by atoms with E-state index in [1.807, 2.05) is 13.0 Å². The maximum absolute atomic E-state index is 5.81. The highest BCUT2D eigenvalue weighted by Crippen LogP contribution is 2.23. The van der Waals surface area contributed by atoms with E-state index in [0.717, 1.165) is 12.0 Å². The first kappa shape index (κ1) is 10.8. The fourth-order valence-corrected chi connectivity index (χ4v) is 1.38. The maximum Gasteiger partial charge on any atom is 0.260 e. The number of hydrogen-bond donors (Lipinski definition) is 0. The van der Waals surface area contributed by atoms with Crippen molar-refractivity contribution in [3.8, 4) is 5.75 Å². The number of aryl methyl sites for hydroxylation is 1. The highest BCUT2D eigenvalue weighted by Gasteiger charge is 2.04. The maximum atomic E-state index is 5.81. The molecule has 0 spiro atoms. The van der Waals surface area contributed by atoms with Gasteiger partial charge in [-0.2, -0.15) is 0 Å². The third-order valence-corrected chi connectivity index (χ3v) is 1.99. The van der Waals surface area contributed by atoms with Crippen molar-refractivity contribution in [3.63, 3.8) is 0 Å². The second-order valence-electron chi connectivity index (χ2n) is 2.45. The molecule has 0 saturated carbocycles. The second kappa shape index (κ2) is 4.80. The van der Waals surface area contributed by atoms with Crippen molar-refractivity contribution >= 4 is 39.9 Å². The molecule has 0 heterocycles. The molecule has 0 fully saturated rings. The summed E-state index contributed by atoms with van der Waals surface area (Å²) in [6.45, 7) is 2.01. The molecule has 0 aliphatic carbocycles. The van der Waals surface area contributed by atoms with E-state index in [-0.39, 0.29) is 4.51 Å². The second-order valence-corrected chi connectivity index (χ2v) is 3.82. The zero-order chi connectivity index (χ0) is 9.84. The van der Waals surface area contributed by atoms with Gasteiger partial charge in [-0.25, -0.2) is 0 Å². The Hall–Kier alpha value is -0.310. The molecule has 0 radical (unpaired) electrons. The molecule has 1 nitrogen and oxygen atoms in total. The SMILES string of the molecule is CCc1cc(Cl)ccc1OC(=S)Cl. The van der Waals surface area contributed by atoms with E-state index in [1.54, 1.807) is 12.1 Å². The Morgan fingerprint density at radius 3 is 2.77 bits per heavy atom. The number of thiocarbonyl (C=S) groups is 1. The summed E-state index contributed by atoms with van der Waals surface area (Å²) >= 11 is 15.9. The van der Waals surface area contributed by atoms with Gasteiger partial charge < -0.3 is 4.74 Å². The molecule has 0 aliphatic heterocycles. The summed E-state index contributed by atoms with van der Waals surface area (Å²) in [5, 5.41) is 0.685. The average molecular weight is 235 g/mol. The van der Waals surface area contributed by atoms with Gasteiger partial charge in [0.1, 0.15) is 5.75 Å². The van der Waals surface area contributed by atoms with Crippen molar-refractivity contribution in [2.45, 2.75) is 13.3 Å². The van der Waals surface area contributed by atoms with Crippen molar-refractivity contribution in [1.29, 1.82) is 0 Å². The largest absolute Gasteiger partial charge is 0.436 e. The normalized spacial score (nSPS) is 9.77. The Kier molecular flexibility index (Phi) is 3.97. The lowest BCUT2D eigenvalue weighted by Crippen LogP contribution is -1.98. The van der Waals surface area contributed by atoms with E-state index in [0.29, 0.717) is 10.8 Å². The molecule has 70 valence electrons. The number of halogens is 2. The monoisotopic (exact) mass is 234 g/mol. The minimum Gasteiger partial charge on any atom is -0.436 e. The molecule has 0 bridgehead atoms. The summed E-state index contributed by atoms with van der Waals surface area (Å²) in [7, 11) is 0. The van der Waals surface area contributed by atoms with Crippen LogP contribution in [0.5, 0.6) is 5.75 Å². The topological polar surface area (TPSA) is 9.23 Å². The van der Waals surface area contributed by atoms with Crippen molar-refractivity contribution in [1.82, 2.24) is 0 Å². The van der Waals surface area contributed by atoms with E-state index in [2.05, 4.69) is 12.2 Å². The quantitative estimate of drug-likeness (QED) is 0.569. The Morgan fingerprint density at radius 1 is 1.54 bits per heavy atom. The molecule has 1 rings (SSSR count). The lowest BCUT2D eigenvalue weighted by Gasteiger charge is -2.07. The van der Waals surface area contributed by atoms with Crippen LogP contribution in [0, 0.1) is 0 Å². The summed E-state index contributed by atoms with van der Waals surface area (Å²) in [6.07, 6.45) is 0.829.